The van der Waals surface area contributed by atoms with Crippen molar-refractivity contribution in [1.29, 1.82) is 0 Å². The zero-order chi connectivity index (χ0) is 10.3. The fourth-order valence-corrected chi connectivity index (χ4v) is 0.814. The molecule has 0 aliphatic carbocycles. The number of ether oxygens (including phenoxy) is 1. The summed E-state index contributed by atoms with van der Waals surface area (Å²) in [6.07, 6.45) is -0.234. The van der Waals surface area contributed by atoms with Crippen LogP contribution in [0.5, 0.6) is 0 Å². The largest absolute Gasteiger partial charge is 0.467 e. The van der Waals surface area contributed by atoms with E-state index in [1.165, 1.54) is 14.0 Å². The second kappa shape index (κ2) is 6.42. The summed E-state index contributed by atoms with van der Waals surface area (Å²) in [5, 5.41) is 11.7. The maximum absolute atomic E-state index is 10.7. The van der Waals surface area contributed by atoms with Crippen LogP contribution in [0, 0.1) is 0 Å². The molecule has 0 aromatic carbocycles. The summed E-state index contributed by atoms with van der Waals surface area (Å²) >= 11 is 0. The fourth-order valence-electron chi connectivity index (χ4n) is 0.814. The molecule has 0 saturated heterocycles. The first-order valence-electron chi connectivity index (χ1n) is 4.08. The van der Waals surface area contributed by atoms with Crippen LogP contribution in [-0.4, -0.2) is 36.7 Å². The Balaban J connectivity index is 3.42. The summed E-state index contributed by atoms with van der Waals surface area (Å²) < 4.78 is 4.31. The van der Waals surface area contributed by atoms with E-state index in [9.17, 15) is 9.59 Å². The first-order chi connectivity index (χ1) is 6.07. The van der Waals surface area contributed by atoms with Crippen molar-refractivity contribution < 1.29 is 19.4 Å². The molecule has 13 heavy (non-hydrogen) atoms. The highest BCUT2D eigenvalue weighted by Crippen LogP contribution is 1.97. The molecule has 0 aromatic rings. The smallest absolute Gasteiger partial charge is 0.334 e. The second-order valence-electron chi connectivity index (χ2n) is 2.66. The van der Waals surface area contributed by atoms with Crippen LogP contribution in [0.25, 0.3) is 0 Å². The molecule has 0 rings (SSSR count). The Hall–Kier alpha value is -1.10. The minimum atomic E-state index is -1.08. The van der Waals surface area contributed by atoms with Crippen molar-refractivity contribution in [2.45, 2.75) is 25.9 Å². The normalized spacial score (nSPS) is 11.9. The van der Waals surface area contributed by atoms with Crippen molar-refractivity contribution in [2.24, 2.45) is 0 Å². The van der Waals surface area contributed by atoms with E-state index in [4.69, 9.17) is 5.11 Å². The number of amides is 1. The number of esters is 1. The van der Waals surface area contributed by atoms with E-state index in [1.54, 1.807) is 0 Å². The average molecular weight is 189 g/mol. The van der Waals surface area contributed by atoms with Gasteiger partial charge in [0.1, 0.15) is 0 Å². The Bertz CT molecular complexity index is 181. The van der Waals surface area contributed by atoms with Gasteiger partial charge in [0.05, 0.1) is 7.11 Å². The monoisotopic (exact) mass is 189 g/mol. The molecule has 1 atom stereocenters. The molecular formula is C8H15NO4. The molecule has 76 valence electrons. The summed E-state index contributed by atoms with van der Waals surface area (Å²) in [4.78, 5) is 21.1. The van der Waals surface area contributed by atoms with E-state index in [-0.39, 0.29) is 5.91 Å². The van der Waals surface area contributed by atoms with Crippen LogP contribution in [0.1, 0.15) is 19.8 Å². The Morgan fingerprint density at radius 3 is 2.62 bits per heavy atom. The van der Waals surface area contributed by atoms with Crippen molar-refractivity contribution in [1.82, 2.24) is 5.32 Å². The van der Waals surface area contributed by atoms with Crippen molar-refractivity contribution in [3.63, 3.8) is 0 Å². The molecule has 5 heteroatoms. The predicted octanol–water partition coefficient (Wildman–Crippen LogP) is -0.563. The van der Waals surface area contributed by atoms with Gasteiger partial charge in [0.25, 0.3) is 0 Å². The van der Waals surface area contributed by atoms with Crippen LogP contribution in [-0.2, 0) is 14.3 Å². The molecule has 0 fully saturated rings. The summed E-state index contributed by atoms with van der Waals surface area (Å²) in [6.45, 7) is 1.88. The number of rotatable bonds is 5. The Morgan fingerprint density at radius 1 is 1.54 bits per heavy atom. The third kappa shape index (κ3) is 6.10. The summed E-state index contributed by atoms with van der Waals surface area (Å²) in [7, 11) is 1.22. The van der Waals surface area contributed by atoms with Crippen molar-refractivity contribution in [3.8, 4) is 0 Å². The molecule has 0 aliphatic heterocycles. The van der Waals surface area contributed by atoms with Gasteiger partial charge in [-0.15, -0.1) is 0 Å². The highest BCUT2D eigenvalue weighted by atomic mass is 16.5. The molecule has 5 nitrogen and oxygen atoms in total. The van der Waals surface area contributed by atoms with Gasteiger partial charge in [-0.3, -0.25) is 4.79 Å². The van der Waals surface area contributed by atoms with Gasteiger partial charge >= 0.3 is 5.97 Å². The molecule has 0 aromatic heterocycles. The number of aliphatic hydroxyl groups is 1. The first-order valence-corrected chi connectivity index (χ1v) is 4.08. The Kier molecular flexibility index (Phi) is 5.88. The van der Waals surface area contributed by atoms with Crippen LogP contribution < -0.4 is 5.32 Å². The quantitative estimate of drug-likeness (QED) is 0.449. The van der Waals surface area contributed by atoms with Crippen LogP contribution in [0.4, 0.5) is 0 Å². The third-order valence-corrected chi connectivity index (χ3v) is 1.50. The highest BCUT2D eigenvalue weighted by Gasteiger charge is 2.13. The summed E-state index contributed by atoms with van der Waals surface area (Å²) in [5.41, 5.74) is 0. The van der Waals surface area contributed by atoms with E-state index in [1.807, 2.05) is 0 Å². The van der Waals surface area contributed by atoms with E-state index < -0.39 is 12.1 Å². The number of carbonyl (C=O) groups excluding carboxylic acids is 2. The number of methoxy groups -OCH3 is 1. The minimum Gasteiger partial charge on any atom is -0.467 e. The number of nitrogens with one attached hydrogen (secondary N) is 1. The van der Waals surface area contributed by atoms with Crippen LogP contribution in [0.15, 0.2) is 0 Å². The van der Waals surface area contributed by atoms with Gasteiger partial charge in [-0.1, -0.05) is 0 Å². The molecule has 0 spiro atoms. The lowest BCUT2D eigenvalue weighted by Gasteiger charge is -2.07. The van der Waals surface area contributed by atoms with Gasteiger partial charge in [-0.25, -0.2) is 4.79 Å². The lowest BCUT2D eigenvalue weighted by atomic mass is 10.2. The van der Waals surface area contributed by atoms with Crippen LogP contribution in [0.2, 0.25) is 0 Å². The van der Waals surface area contributed by atoms with Crippen molar-refractivity contribution in [2.75, 3.05) is 13.7 Å². The maximum atomic E-state index is 10.7. The first kappa shape index (κ1) is 11.9. The summed E-state index contributed by atoms with van der Waals surface area (Å²) in [5.74, 6) is -0.754. The van der Waals surface area contributed by atoms with Crippen LogP contribution >= 0.6 is 0 Å². The van der Waals surface area contributed by atoms with Gasteiger partial charge < -0.3 is 15.2 Å². The second-order valence-corrected chi connectivity index (χ2v) is 2.66. The molecule has 1 unspecified atom stereocenters. The predicted molar refractivity (Wildman–Crippen MR) is 45.9 cm³/mol. The minimum absolute atomic E-state index is 0.118. The molecule has 0 heterocycles. The van der Waals surface area contributed by atoms with E-state index in [0.29, 0.717) is 19.4 Å². The zero-order valence-corrected chi connectivity index (χ0v) is 7.87. The molecular weight excluding hydrogens is 174 g/mol. The van der Waals surface area contributed by atoms with Gasteiger partial charge in [0.2, 0.25) is 5.91 Å². The molecule has 0 bridgehead atoms. The standard InChI is InChI=1S/C8H15NO4/c1-6(10)9-5-3-4-7(11)8(12)13-2/h7,11H,3-5H2,1-2H3,(H,9,10). The number of carbonyl (C=O) groups is 2. The molecule has 0 radical (unpaired) electrons. The van der Waals surface area contributed by atoms with E-state index in [0.717, 1.165) is 0 Å². The number of hydrogen-bond donors (Lipinski definition) is 2. The molecule has 0 saturated carbocycles. The molecule has 0 aliphatic rings. The lowest BCUT2D eigenvalue weighted by Crippen LogP contribution is -2.25. The zero-order valence-electron chi connectivity index (χ0n) is 7.87. The number of aliphatic hydroxyl groups excluding tert-OH is 1. The number of hydrogen-bond acceptors (Lipinski definition) is 4. The summed E-state index contributed by atoms with van der Waals surface area (Å²) in [6, 6.07) is 0. The topological polar surface area (TPSA) is 75.6 Å². The van der Waals surface area contributed by atoms with Gasteiger partial charge in [0.15, 0.2) is 6.10 Å². The van der Waals surface area contributed by atoms with E-state index >= 15 is 0 Å². The van der Waals surface area contributed by atoms with Crippen LogP contribution in [0.3, 0.4) is 0 Å². The molecule has 2 N–H and O–H groups in total. The SMILES string of the molecule is COC(=O)C(O)CCCNC(C)=O. The maximum Gasteiger partial charge on any atom is 0.334 e. The fraction of sp³-hybridized carbons (Fsp3) is 0.750. The Morgan fingerprint density at radius 2 is 2.15 bits per heavy atom. The average Bonchev–Trinajstić information content (AvgIpc) is 2.10. The van der Waals surface area contributed by atoms with Gasteiger partial charge in [-0.2, -0.15) is 0 Å². The highest BCUT2D eigenvalue weighted by molar-refractivity contribution is 5.74. The molecule has 1 amide bonds. The third-order valence-electron chi connectivity index (χ3n) is 1.50. The van der Waals surface area contributed by atoms with E-state index in [2.05, 4.69) is 10.1 Å². The lowest BCUT2D eigenvalue weighted by molar-refractivity contribution is -0.150. The van der Waals surface area contributed by atoms with Crippen molar-refractivity contribution >= 4 is 11.9 Å². The van der Waals surface area contributed by atoms with Gasteiger partial charge in [0, 0.05) is 13.5 Å². The van der Waals surface area contributed by atoms with Gasteiger partial charge in [-0.05, 0) is 12.8 Å². The van der Waals surface area contributed by atoms with Crippen molar-refractivity contribution in [3.05, 3.63) is 0 Å². The Labute approximate surface area is 77.1 Å².